The van der Waals surface area contributed by atoms with Crippen LogP contribution in [0.1, 0.15) is 12.0 Å². The fraction of sp³-hybridized carbons (Fsp3) is 0.278. The molecule has 0 aliphatic carbocycles. The van der Waals surface area contributed by atoms with E-state index in [4.69, 9.17) is 4.74 Å². The third kappa shape index (κ3) is 4.38. The van der Waals surface area contributed by atoms with Crippen LogP contribution in [0.4, 0.5) is 24.5 Å². The van der Waals surface area contributed by atoms with Gasteiger partial charge in [0.1, 0.15) is 5.75 Å². The first kappa shape index (κ1) is 20.0. The van der Waals surface area contributed by atoms with E-state index >= 15 is 0 Å². The zero-order valence-corrected chi connectivity index (χ0v) is 15.5. The van der Waals surface area contributed by atoms with E-state index in [0.717, 1.165) is 34.8 Å². The van der Waals surface area contributed by atoms with Crippen LogP contribution in [0.25, 0.3) is 0 Å². The van der Waals surface area contributed by atoms with Gasteiger partial charge in [0.15, 0.2) is 6.10 Å². The highest BCUT2D eigenvalue weighted by molar-refractivity contribution is 7.92. The molecule has 28 heavy (non-hydrogen) atoms. The first-order valence-corrected chi connectivity index (χ1v) is 10.1. The van der Waals surface area contributed by atoms with Gasteiger partial charge in [0.05, 0.1) is 17.5 Å². The number of rotatable bonds is 3. The van der Waals surface area contributed by atoms with E-state index in [9.17, 15) is 26.4 Å². The van der Waals surface area contributed by atoms with Gasteiger partial charge in [0.25, 0.3) is 5.91 Å². The molecule has 1 atom stereocenters. The highest BCUT2D eigenvalue weighted by atomic mass is 32.2. The number of benzene rings is 2. The number of hydrogen-bond acceptors (Lipinski definition) is 4. The van der Waals surface area contributed by atoms with Gasteiger partial charge in [-0.1, -0.05) is 12.1 Å². The number of nitrogens with one attached hydrogen (secondary N) is 1. The first-order valence-electron chi connectivity index (χ1n) is 8.27. The molecule has 0 bridgehead atoms. The van der Waals surface area contributed by atoms with E-state index in [1.165, 1.54) is 0 Å². The van der Waals surface area contributed by atoms with Crippen LogP contribution in [0, 0.1) is 0 Å². The molecule has 3 rings (SSSR count). The number of hydrogen-bond donors (Lipinski definition) is 1. The Morgan fingerprint density at radius 3 is 2.39 bits per heavy atom. The van der Waals surface area contributed by atoms with E-state index in [0.29, 0.717) is 5.69 Å². The van der Waals surface area contributed by atoms with Gasteiger partial charge in [-0.2, -0.15) is 13.2 Å². The van der Waals surface area contributed by atoms with Gasteiger partial charge >= 0.3 is 6.18 Å². The molecule has 0 aromatic heterocycles. The lowest BCUT2D eigenvalue weighted by Crippen LogP contribution is -2.35. The maximum atomic E-state index is 12.6. The number of halogens is 3. The van der Waals surface area contributed by atoms with Crippen molar-refractivity contribution in [2.24, 2.45) is 0 Å². The quantitative estimate of drug-likeness (QED) is 0.837. The smallest absolute Gasteiger partial charge is 0.416 e. The Labute approximate surface area is 160 Å². The van der Waals surface area contributed by atoms with E-state index in [1.54, 1.807) is 24.3 Å². The molecular weight excluding hydrogens is 397 g/mol. The van der Waals surface area contributed by atoms with Crippen molar-refractivity contribution in [1.82, 2.24) is 0 Å². The summed E-state index contributed by atoms with van der Waals surface area (Å²) in [6.45, 7) is 0.0287. The number of carbonyl (C=O) groups excluding carboxylic acids is 1. The van der Waals surface area contributed by atoms with Gasteiger partial charge in [-0.15, -0.1) is 0 Å². The molecule has 150 valence electrons. The summed E-state index contributed by atoms with van der Waals surface area (Å²) in [6, 6.07) is 10.5. The monoisotopic (exact) mass is 414 g/mol. The Balaban J connectivity index is 1.78. The van der Waals surface area contributed by atoms with Gasteiger partial charge in [-0.3, -0.25) is 9.10 Å². The average molecular weight is 414 g/mol. The number of alkyl halides is 3. The number of carbonyl (C=O) groups is 1. The van der Waals surface area contributed by atoms with Crippen LogP contribution in [0.3, 0.4) is 0 Å². The molecule has 2 aromatic carbocycles. The van der Waals surface area contributed by atoms with Crippen molar-refractivity contribution in [2.45, 2.75) is 18.7 Å². The minimum Gasteiger partial charge on any atom is -0.478 e. The summed E-state index contributed by atoms with van der Waals surface area (Å²) in [5.74, 6) is -0.345. The van der Waals surface area contributed by atoms with Crippen LogP contribution in [0.2, 0.25) is 0 Å². The number of sulfonamides is 1. The Hall–Kier alpha value is -2.75. The number of amides is 1. The third-order valence-corrected chi connectivity index (χ3v) is 5.35. The number of para-hydroxylation sites is 2. The zero-order valence-electron chi connectivity index (χ0n) is 14.7. The van der Waals surface area contributed by atoms with Crippen LogP contribution in [-0.4, -0.2) is 33.2 Å². The summed E-state index contributed by atoms with van der Waals surface area (Å²) >= 11 is 0. The molecule has 0 saturated heterocycles. The van der Waals surface area contributed by atoms with Gasteiger partial charge in [-0.25, -0.2) is 8.42 Å². The van der Waals surface area contributed by atoms with Crippen LogP contribution in [-0.2, 0) is 21.0 Å². The van der Waals surface area contributed by atoms with Gasteiger partial charge in [-0.05, 0) is 36.4 Å². The van der Waals surface area contributed by atoms with Gasteiger partial charge in [0, 0.05) is 18.7 Å². The lowest BCUT2D eigenvalue weighted by atomic mass is 10.2. The average Bonchev–Trinajstić information content (AvgIpc) is 2.81. The first-order chi connectivity index (χ1) is 13.1. The number of anilines is 2. The molecule has 1 heterocycles. The summed E-state index contributed by atoms with van der Waals surface area (Å²) in [5.41, 5.74) is -0.317. The molecule has 2 aromatic rings. The molecular formula is C18H17F3N2O4S. The summed E-state index contributed by atoms with van der Waals surface area (Å²) in [6.07, 6.45) is -4.33. The maximum absolute atomic E-state index is 12.6. The maximum Gasteiger partial charge on any atom is 0.416 e. The van der Waals surface area contributed by atoms with E-state index in [2.05, 4.69) is 5.32 Å². The molecule has 0 saturated carbocycles. The molecule has 1 aliphatic heterocycles. The normalized spacial score (nSPS) is 17.3. The molecule has 1 amide bonds. The van der Waals surface area contributed by atoms with Crippen LogP contribution >= 0.6 is 0 Å². The summed E-state index contributed by atoms with van der Waals surface area (Å²) < 4.78 is 68.9. The van der Waals surface area contributed by atoms with Crippen molar-refractivity contribution in [3.63, 3.8) is 0 Å². The summed E-state index contributed by atoms with van der Waals surface area (Å²) in [5, 5.41) is 2.50. The fourth-order valence-electron chi connectivity index (χ4n) is 2.82. The molecule has 6 nitrogen and oxygen atoms in total. The summed E-state index contributed by atoms with van der Waals surface area (Å²) in [4.78, 5) is 12.5. The lowest BCUT2D eigenvalue weighted by molar-refractivity contribution is -0.137. The molecule has 0 spiro atoms. The number of nitrogens with zero attached hydrogens (tertiary/aromatic N) is 1. The highest BCUT2D eigenvalue weighted by Crippen LogP contribution is 2.34. The second kappa shape index (κ2) is 7.34. The van der Waals surface area contributed by atoms with Gasteiger partial charge in [0.2, 0.25) is 10.0 Å². The third-order valence-electron chi connectivity index (χ3n) is 4.17. The summed E-state index contributed by atoms with van der Waals surface area (Å²) in [7, 11) is -3.57. The Kier molecular flexibility index (Phi) is 5.24. The second-order valence-corrected chi connectivity index (χ2v) is 8.17. The van der Waals surface area contributed by atoms with E-state index < -0.39 is 33.8 Å². The van der Waals surface area contributed by atoms with Crippen molar-refractivity contribution < 1.29 is 31.1 Å². The highest BCUT2D eigenvalue weighted by Gasteiger charge is 2.32. The van der Waals surface area contributed by atoms with E-state index in [-0.39, 0.29) is 24.4 Å². The second-order valence-electron chi connectivity index (χ2n) is 6.26. The standard InChI is InChI=1S/C18H17F3N2O4S/c1-28(25,26)23-11-10-16(27-15-5-3-2-4-14(15)23)17(24)22-13-8-6-12(7-9-13)18(19,20)21/h2-9,16H,10-11H2,1H3,(H,22,24)/t16-/m0/s1. The molecule has 0 radical (unpaired) electrons. The number of ether oxygens (including phenoxy) is 1. The SMILES string of the molecule is CS(=O)(=O)N1CC[C@@H](C(=O)Nc2ccc(C(F)(F)F)cc2)Oc2ccccc21. The zero-order chi connectivity index (χ0) is 20.5. The minimum atomic E-state index is -4.47. The lowest BCUT2D eigenvalue weighted by Gasteiger charge is -2.20. The molecule has 0 fully saturated rings. The topological polar surface area (TPSA) is 75.7 Å². The molecule has 0 unspecified atom stereocenters. The Morgan fingerprint density at radius 2 is 1.79 bits per heavy atom. The van der Waals surface area contributed by atoms with Crippen molar-refractivity contribution >= 4 is 27.3 Å². The minimum absolute atomic E-state index is 0.0287. The fourth-order valence-corrected chi connectivity index (χ4v) is 3.77. The van der Waals surface area contributed by atoms with Crippen LogP contribution in [0.5, 0.6) is 5.75 Å². The van der Waals surface area contributed by atoms with Crippen molar-refractivity contribution in [3.8, 4) is 5.75 Å². The Morgan fingerprint density at radius 1 is 1.14 bits per heavy atom. The Bertz CT molecular complexity index is 975. The largest absolute Gasteiger partial charge is 0.478 e. The van der Waals surface area contributed by atoms with Crippen LogP contribution < -0.4 is 14.4 Å². The van der Waals surface area contributed by atoms with Crippen molar-refractivity contribution in [2.75, 3.05) is 22.4 Å². The molecule has 1 aliphatic rings. The van der Waals surface area contributed by atoms with E-state index in [1.807, 2.05) is 0 Å². The molecule has 1 N–H and O–H groups in total. The van der Waals surface area contributed by atoms with Crippen LogP contribution in [0.15, 0.2) is 48.5 Å². The van der Waals surface area contributed by atoms with Crippen molar-refractivity contribution in [3.05, 3.63) is 54.1 Å². The van der Waals surface area contributed by atoms with Gasteiger partial charge < -0.3 is 10.1 Å². The number of fused-ring (bicyclic) bond motifs is 1. The predicted octanol–water partition coefficient (Wildman–Crippen LogP) is 3.26. The molecule has 10 heteroatoms. The van der Waals surface area contributed by atoms with Crippen molar-refractivity contribution in [1.29, 1.82) is 0 Å². The predicted molar refractivity (Wildman–Crippen MR) is 97.7 cm³/mol.